The number of ether oxygens (including phenoxy) is 1. The van der Waals surface area contributed by atoms with Gasteiger partial charge in [0.25, 0.3) is 0 Å². The lowest BCUT2D eigenvalue weighted by molar-refractivity contribution is -0.152. The van der Waals surface area contributed by atoms with Gasteiger partial charge in [-0.2, -0.15) is 0 Å². The Morgan fingerprint density at radius 3 is 2.61 bits per heavy atom. The second-order valence-corrected chi connectivity index (χ2v) is 12.5. The average molecular weight is 457 g/mol. The van der Waals surface area contributed by atoms with Gasteiger partial charge in [0.1, 0.15) is 6.10 Å². The molecule has 0 bridgehead atoms. The SMILES string of the molecule is CCC(O)C1=CC[C@H]([C@@H](C)[C@H]2CC[C@H]3[C@@H]4CC=C5C[C@@H](O)CC[C@]5(C)[C@H]4CC[C@]23C)OC1=O. The van der Waals surface area contributed by atoms with Crippen molar-refractivity contribution in [2.75, 3.05) is 0 Å². The molecule has 33 heavy (non-hydrogen) atoms. The number of aliphatic hydroxyl groups excluding tert-OH is 2. The number of carbonyl (C=O) groups excluding carboxylic acids is 1. The van der Waals surface area contributed by atoms with Crippen LogP contribution < -0.4 is 0 Å². The maximum absolute atomic E-state index is 12.6. The zero-order chi connectivity index (χ0) is 23.5. The van der Waals surface area contributed by atoms with E-state index in [1.165, 1.54) is 32.1 Å². The van der Waals surface area contributed by atoms with Gasteiger partial charge < -0.3 is 14.9 Å². The van der Waals surface area contributed by atoms with Gasteiger partial charge in [0.05, 0.1) is 17.8 Å². The van der Waals surface area contributed by atoms with Crippen LogP contribution in [-0.4, -0.2) is 34.5 Å². The van der Waals surface area contributed by atoms with E-state index in [0.29, 0.717) is 29.2 Å². The lowest BCUT2D eigenvalue weighted by atomic mass is 9.47. The molecule has 0 aromatic rings. The monoisotopic (exact) mass is 456 g/mol. The van der Waals surface area contributed by atoms with Gasteiger partial charge in [-0.05, 0) is 98.2 Å². The molecule has 4 nitrogen and oxygen atoms in total. The van der Waals surface area contributed by atoms with Crippen LogP contribution in [0.4, 0.5) is 0 Å². The number of fused-ring (bicyclic) bond motifs is 5. The summed E-state index contributed by atoms with van der Waals surface area (Å²) in [5, 5.41) is 20.4. The third-order valence-corrected chi connectivity index (χ3v) is 11.2. The summed E-state index contributed by atoms with van der Waals surface area (Å²) in [6.45, 7) is 9.24. The Kier molecular flexibility index (Phi) is 6.09. The van der Waals surface area contributed by atoms with Crippen molar-refractivity contribution < 1.29 is 19.7 Å². The summed E-state index contributed by atoms with van der Waals surface area (Å²) in [6.07, 6.45) is 14.1. The summed E-state index contributed by atoms with van der Waals surface area (Å²) < 4.78 is 5.92. The van der Waals surface area contributed by atoms with E-state index < -0.39 is 6.10 Å². The highest BCUT2D eigenvalue weighted by Gasteiger charge is 2.59. The van der Waals surface area contributed by atoms with Gasteiger partial charge in [-0.15, -0.1) is 0 Å². The molecule has 1 unspecified atom stereocenters. The molecule has 5 rings (SSSR count). The molecule has 0 saturated heterocycles. The van der Waals surface area contributed by atoms with Gasteiger partial charge in [-0.25, -0.2) is 4.79 Å². The number of carbonyl (C=O) groups is 1. The molecular weight excluding hydrogens is 412 g/mol. The van der Waals surface area contributed by atoms with E-state index in [1.807, 2.05) is 13.0 Å². The number of esters is 1. The minimum atomic E-state index is -0.705. The second kappa shape index (κ2) is 8.52. The number of hydrogen-bond acceptors (Lipinski definition) is 4. The molecule has 1 heterocycles. The van der Waals surface area contributed by atoms with Gasteiger partial charge in [0.15, 0.2) is 0 Å². The van der Waals surface area contributed by atoms with E-state index in [0.717, 1.165) is 43.4 Å². The highest BCUT2D eigenvalue weighted by Crippen LogP contribution is 2.67. The lowest BCUT2D eigenvalue weighted by Gasteiger charge is -2.58. The van der Waals surface area contributed by atoms with Crippen LogP contribution in [0.25, 0.3) is 0 Å². The van der Waals surface area contributed by atoms with Crippen LogP contribution in [0, 0.1) is 40.4 Å². The number of hydrogen-bond donors (Lipinski definition) is 2. The van der Waals surface area contributed by atoms with Crippen molar-refractivity contribution in [3.63, 3.8) is 0 Å². The Balaban J connectivity index is 1.33. The van der Waals surface area contributed by atoms with E-state index in [9.17, 15) is 15.0 Å². The predicted octanol–water partition coefficient (Wildman–Crippen LogP) is 5.58. The molecule has 10 atom stereocenters. The molecule has 0 aromatic carbocycles. The van der Waals surface area contributed by atoms with Crippen LogP contribution in [0.3, 0.4) is 0 Å². The van der Waals surface area contributed by atoms with Crippen molar-refractivity contribution in [2.45, 2.75) is 110 Å². The van der Waals surface area contributed by atoms with Crippen molar-refractivity contribution >= 4 is 5.97 Å². The smallest absolute Gasteiger partial charge is 0.336 e. The third kappa shape index (κ3) is 3.66. The van der Waals surface area contributed by atoms with Crippen LogP contribution in [0.2, 0.25) is 0 Å². The first-order valence-electron chi connectivity index (χ1n) is 13.7. The largest absolute Gasteiger partial charge is 0.458 e. The first-order chi connectivity index (χ1) is 15.7. The van der Waals surface area contributed by atoms with Crippen molar-refractivity contribution in [3.8, 4) is 0 Å². The summed E-state index contributed by atoms with van der Waals surface area (Å²) in [5.41, 5.74) is 2.59. The van der Waals surface area contributed by atoms with Crippen LogP contribution in [0.5, 0.6) is 0 Å². The van der Waals surface area contributed by atoms with E-state index in [4.69, 9.17) is 4.74 Å². The molecule has 1 aliphatic heterocycles. The maximum atomic E-state index is 12.6. The Morgan fingerprint density at radius 2 is 1.88 bits per heavy atom. The fourth-order valence-corrected chi connectivity index (χ4v) is 9.20. The van der Waals surface area contributed by atoms with Crippen molar-refractivity contribution in [3.05, 3.63) is 23.3 Å². The van der Waals surface area contributed by atoms with Crippen LogP contribution in [0.1, 0.15) is 91.9 Å². The number of rotatable bonds is 4. The first kappa shape index (κ1) is 23.6. The minimum Gasteiger partial charge on any atom is -0.458 e. The van der Waals surface area contributed by atoms with E-state index in [-0.39, 0.29) is 23.6 Å². The fraction of sp³-hybridized carbons (Fsp3) is 0.828. The average Bonchev–Trinajstić information content (AvgIpc) is 3.15. The third-order valence-electron chi connectivity index (χ3n) is 11.2. The fourth-order valence-electron chi connectivity index (χ4n) is 9.20. The second-order valence-electron chi connectivity index (χ2n) is 12.5. The zero-order valence-corrected chi connectivity index (χ0v) is 21.1. The molecule has 0 radical (unpaired) electrons. The minimum absolute atomic E-state index is 0.0705. The van der Waals surface area contributed by atoms with Gasteiger partial charge >= 0.3 is 5.97 Å². The summed E-state index contributed by atoms with van der Waals surface area (Å²) in [4.78, 5) is 12.6. The topological polar surface area (TPSA) is 66.8 Å². The quantitative estimate of drug-likeness (QED) is 0.428. The van der Waals surface area contributed by atoms with Crippen molar-refractivity contribution in [1.29, 1.82) is 0 Å². The lowest BCUT2D eigenvalue weighted by Crippen LogP contribution is -2.51. The molecule has 4 heteroatoms. The highest BCUT2D eigenvalue weighted by molar-refractivity contribution is 5.90. The molecule has 5 aliphatic rings. The first-order valence-corrected chi connectivity index (χ1v) is 13.7. The van der Waals surface area contributed by atoms with Crippen LogP contribution >= 0.6 is 0 Å². The summed E-state index contributed by atoms with van der Waals surface area (Å²) in [5.74, 6) is 2.87. The molecule has 4 aliphatic carbocycles. The summed E-state index contributed by atoms with van der Waals surface area (Å²) in [7, 11) is 0. The summed E-state index contributed by atoms with van der Waals surface area (Å²) >= 11 is 0. The van der Waals surface area contributed by atoms with Gasteiger partial charge in [-0.3, -0.25) is 0 Å². The van der Waals surface area contributed by atoms with Crippen LogP contribution in [-0.2, 0) is 9.53 Å². The Morgan fingerprint density at radius 1 is 1.09 bits per heavy atom. The molecule has 0 aromatic heterocycles. The van der Waals surface area contributed by atoms with E-state index in [2.05, 4.69) is 26.8 Å². The van der Waals surface area contributed by atoms with Crippen molar-refractivity contribution in [1.82, 2.24) is 0 Å². The Hall–Kier alpha value is -1.13. The number of allylic oxidation sites excluding steroid dienone is 1. The van der Waals surface area contributed by atoms with Gasteiger partial charge in [-0.1, -0.05) is 45.4 Å². The number of aliphatic hydroxyl groups is 2. The van der Waals surface area contributed by atoms with E-state index >= 15 is 0 Å². The standard InChI is InChI=1S/C29H44O4/c1-5-25(31)21-8-11-26(33-27(21)32)17(2)22-9-10-23-20-7-6-18-16-19(30)12-14-28(18,3)24(20)13-15-29(22,23)4/h6,8,17,19-20,22-26,30-31H,5,7,9-16H2,1-4H3/t17-,19-,20-,22+,23-,24-,25?,26+,28-,29+/m0/s1. The van der Waals surface area contributed by atoms with Crippen LogP contribution in [0.15, 0.2) is 23.3 Å². The van der Waals surface area contributed by atoms with E-state index in [1.54, 1.807) is 5.57 Å². The number of cyclic esters (lactones) is 1. The maximum Gasteiger partial charge on any atom is 0.336 e. The zero-order valence-electron chi connectivity index (χ0n) is 21.1. The van der Waals surface area contributed by atoms with Gasteiger partial charge in [0.2, 0.25) is 0 Å². The Bertz CT molecular complexity index is 845. The predicted molar refractivity (Wildman–Crippen MR) is 129 cm³/mol. The molecule has 2 N–H and O–H groups in total. The normalized spacial score (nSPS) is 46.8. The molecular formula is C29H44O4. The molecule has 3 saturated carbocycles. The summed E-state index contributed by atoms with van der Waals surface area (Å²) in [6, 6.07) is 0. The Labute approximate surface area is 199 Å². The molecule has 0 spiro atoms. The van der Waals surface area contributed by atoms with Crippen molar-refractivity contribution in [2.24, 2.45) is 40.4 Å². The van der Waals surface area contributed by atoms with Gasteiger partial charge in [0, 0.05) is 6.42 Å². The molecule has 0 amide bonds. The highest BCUT2D eigenvalue weighted by atomic mass is 16.5. The molecule has 184 valence electrons. The molecule has 3 fully saturated rings.